The lowest BCUT2D eigenvalue weighted by Crippen LogP contribution is -2.25. The van der Waals surface area contributed by atoms with Crippen LogP contribution in [0.2, 0.25) is 0 Å². The Hall–Kier alpha value is -2.32. The van der Waals surface area contributed by atoms with Crippen molar-refractivity contribution in [3.8, 4) is 0 Å². The molecule has 0 spiro atoms. The number of carbonyl (C=O) groups is 3. The third kappa shape index (κ3) is 6.85. The van der Waals surface area contributed by atoms with E-state index in [4.69, 9.17) is 4.74 Å². The number of carbonyl (C=O) groups excluding carboxylic acids is 3. The van der Waals surface area contributed by atoms with Crippen LogP contribution in [0.5, 0.6) is 0 Å². The summed E-state index contributed by atoms with van der Waals surface area (Å²) in [5.41, 5.74) is 2.29. The first-order valence-corrected chi connectivity index (χ1v) is 13.8. The fraction of sp³-hybridized carbons (Fsp3) is 0.500. The number of esters is 1. The second-order valence-electron chi connectivity index (χ2n) is 8.44. The molecule has 184 valence electrons. The van der Waals surface area contributed by atoms with Gasteiger partial charge in [0.05, 0.1) is 17.9 Å². The molecule has 3 rings (SSSR count). The van der Waals surface area contributed by atoms with Crippen LogP contribution in [0, 0.1) is 0 Å². The summed E-state index contributed by atoms with van der Waals surface area (Å²) in [5.74, 6) is -0.519. The first-order chi connectivity index (χ1) is 16.5. The van der Waals surface area contributed by atoms with Crippen molar-refractivity contribution in [3.05, 3.63) is 40.3 Å². The molecule has 1 atom stereocenters. The SMILES string of the molecule is CCCCC(=O)Nc1cccc(SC(CC)C(=O)Nc2sc3c(c2C(=O)OC)CCCCC3)c1. The van der Waals surface area contributed by atoms with E-state index in [0.29, 0.717) is 23.4 Å². The molecule has 1 aliphatic carbocycles. The predicted molar refractivity (Wildman–Crippen MR) is 140 cm³/mol. The number of methoxy groups -OCH3 is 1. The lowest BCUT2D eigenvalue weighted by Gasteiger charge is -2.16. The van der Waals surface area contributed by atoms with Gasteiger partial charge in [-0.15, -0.1) is 23.1 Å². The molecule has 1 aromatic heterocycles. The Balaban J connectivity index is 1.73. The van der Waals surface area contributed by atoms with Crippen LogP contribution in [0.1, 0.15) is 79.6 Å². The summed E-state index contributed by atoms with van der Waals surface area (Å²) in [6.45, 7) is 4.03. The number of rotatable bonds is 10. The van der Waals surface area contributed by atoms with Crippen LogP contribution in [0.15, 0.2) is 29.2 Å². The van der Waals surface area contributed by atoms with Crippen LogP contribution in [0.25, 0.3) is 0 Å². The number of amides is 2. The minimum atomic E-state index is -0.387. The van der Waals surface area contributed by atoms with Crippen LogP contribution in [0.3, 0.4) is 0 Å². The number of nitrogens with one attached hydrogen (secondary N) is 2. The van der Waals surface area contributed by atoms with Crippen molar-refractivity contribution >= 4 is 51.6 Å². The maximum absolute atomic E-state index is 13.2. The molecular formula is C26H34N2O4S2. The van der Waals surface area contributed by atoms with Gasteiger partial charge < -0.3 is 15.4 Å². The van der Waals surface area contributed by atoms with E-state index in [1.165, 1.54) is 35.1 Å². The largest absolute Gasteiger partial charge is 0.465 e. The number of anilines is 2. The van der Waals surface area contributed by atoms with Crippen LogP contribution in [-0.4, -0.2) is 30.1 Å². The molecule has 2 N–H and O–H groups in total. The van der Waals surface area contributed by atoms with Gasteiger partial charge >= 0.3 is 5.97 Å². The summed E-state index contributed by atoms with van der Waals surface area (Å²) in [6, 6.07) is 7.58. The summed E-state index contributed by atoms with van der Waals surface area (Å²) in [5, 5.41) is 6.23. The van der Waals surface area contributed by atoms with Crippen molar-refractivity contribution in [2.24, 2.45) is 0 Å². The van der Waals surface area contributed by atoms with Gasteiger partial charge in [-0.05, 0) is 62.3 Å². The molecule has 0 bridgehead atoms. The number of benzene rings is 1. The lowest BCUT2D eigenvalue weighted by molar-refractivity contribution is -0.116. The van der Waals surface area contributed by atoms with Crippen molar-refractivity contribution in [1.82, 2.24) is 0 Å². The highest BCUT2D eigenvalue weighted by Crippen LogP contribution is 2.38. The molecule has 0 aliphatic heterocycles. The molecule has 6 nitrogen and oxygen atoms in total. The summed E-state index contributed by atoms with van der Waals surface area (Å²) < 4.78 is 5.05. The van der Waals surface area contributed by atoms with E-state index in [2.05, 4.69) is 17.6 Å². The molecule has 0 radical (unpaired) electrons. The van der Waals surface area contributed by atoms with E-state index in [0.717, 1.165) is 61.1 Å². The van der Waals surface area contributed by atoms with Crippen molar-refractivity contribution in [2.75, 3.05) is 17.7 Å². The number of thioether (sulfide) groups is 1. The monoisotopic (exact) mass is 502 g/mol. The quantitative estimate of drug-likeness (QED) is 0.222. The zero-order chi connectivity index (χ0) is 24.5. The van der Waals surface area contributed by atoms with Crippen molar-refractivity contribution in [3.63, 3.8) is 0 Å². The van der Waals surface area contributed by atoms with Gasteiger partial charge in [0.2, 0.25) is 11.8 Å². The summed E-state index contributed by atoms with van der Waals surface area (Å²) in [4.78, 5) is 40.0. The second-order valence-corrected chi connectivity index (χ2v) is 10.8. The Morgan fingerprint density at radius 2 is 1.91 bits per heavy atom. The molecule has 8 heteroatoms. The van der Waals surface area contributed by atoms with E-state index in [1.807, 2.05) is 31.2 Å². The van der Waals surface area contributed by atoms with Gasteiger partial charge in [0, 0.05) is 21.9 Å². The highest BCUT2D eigenvalue weighted by atomic mass is 32.2. The van der Waals surface area contributed by atoms with Gasteiger partial charge in [0.25, 0.3) is 0 Å². The van der Waals surface area contributed by atoms with Crippen molar-refractivity contribution in [2.45, 2.75) is 81.8 Å². The summed E-state index contributed by atoms with van der Waals surface area (Å²) >= 11 is 2.97. The van der Waals surface area contributed by atoms with Crippen LogP contribution in [0.4, 0.5) is 10.7 Å². The van der Waals surface area contributed by atoms with Gasteiger partial charge in [0.1, 0.15) is 5.00 Å². The fourth-order valence-corrected chi connectivity index (χ4v) is 6.33. The van der Waals surface area contributed by atoms with E-state index in [-0.39, 0.29) is 23.0 Å². The molecule has 0 fully saturated rings. The molecule has 1 heterocycles. The van der Waals surface area contributed by atoms with Gasteiger partial charge in [-0.1, -0.05) is 32.8 Å². The van der Waals surface area contributed by atoms with E-state index >= 15 is 0 Å². The number of ether oxygens (including phenoxy) is 1. The topological polar surface area (TPSA) is 84.5 Å². The van der Waals surface area contributed by atoms with Gasteiger partial charge in [-0.2, -0.15) is 0 Å². The second kappa shape index (κ2) is 13.0. The predicted octanol–water partition coefficient (Wildman–Crippen LogP) is 6.44. The maximum Gasteiger partial charge on any atom is 0.341 e. The zero-order valence-electron chi connectivity index (χ0n) is 20.2. The normalized spacial score (nSPS) is 14.0. The Kier molecular flexibility index (Phi) is 10.0. The lowest BCUT2D eigenvalue weighted by atomic mass is 10.1. The number of aryl methyl sites for hydroxylation is 1. The molecule has 0 saturated heterocycles. The minimum absolute atomic E-state index is 0.00147. The molecule has 34 heavy (non-hydrogen) atoms. The summed E-state index contributed by atoms with van der Waals surface area (Å²) in [6.07, 6.45) is 8.02. The Morgan fingerprint density at radius 1 is 1.12 bits per heavy atom. The van der Waals surface area contributed by atoms with E-state index < -0.39 is 0 Å². The first-order valence-electron chi connectivity index (χ1n) is 12.1. The number of hydrogen-bond acceptors (Lipinski definition) is 6. The number of unbranched alkanes of at least 4 members (excludes halogenated alkanes) is 1. The van der Waals surface area contributed by atoms with Crippen molar-refractivity contribution in [1.29, 1.82) is 0 Å². The number of thiophene rings is 1. The zero-order valence-corrected chi connectivity index (χ0v) is 21.8. The average Bonchev–Trinajstić information content (AvgIpc) is 3.00. The standard InChI is InChI=1S/C26H34N2O4S2/c1-4-6-15-22(29)27-17-11-10-12-18(16-17)33-20(5-2)24(30)28-25-23(26(31)32-3)19-13-8-7-9-14-21(19)34-25/h10-12,16,20H,4-9,13-15H2,1-3H3,(H,27,29)(H,28,30). The van der Waals surface area contributed by atoms with E-state index in [9.17, 15) is 14.4 Å². The first kappa shape index (κ1) is 26.3. The smallest absolute Gasteiger partial charge is 0.341 e. The molecule has 2 aromatic rings. The molecule has 1 unspecified atom stereocenters. The van der Waals surface area contributed by atoms with Gasteiger partial charge in [-0.3, -0.25) is 9.59 Å². The number of hydrogen-bond donors (Lipinski definition) is 2. The maximum atomic E-state index is 13.2. The molecule has 1 aliphatic rings. The van der Waals surface area contributed by atoms with Crippen LogP contribution >= 0.6 is 23.1 Å². The number of fused-ring (bicyclic) bond motifs is 1. The van der Waals surface area contributed by atoms with Crippen molar-refractivity contribution < 1.29 is 19.1 Å². The fourth-order valence-electron chi connectivity index (χ4n) is 4.04. The highest BCUT2D eigenvalue weighted by Gasteiger charge is 2.28. The minimum Gasteiger partial charge on any atom is -0.465 e. The average molecular weight is 503 g/mol. The molecule has 0 saturated carbocycles. The third-order valence-corrected chi connectivity index (χ3v) is 8.43. The summed E-state index contributed by atoms with van der Waals surface area (Å²) in [7, 11) is 1.38. The Morgan fingerprint density at radius 3 is 2.65 bits per heavy atom. The van der Waals surface area contributed by atoms with E-state index in [1.54, 1.807) is 0 Å². The van der Waals surface area contributed by atoms with Crippen LogP contribution in [-0.2, 0) is 27.2 Å². The molecule has 2 amide bonds. The van der Waals surface area contributed by atoms with Crippen LogP contribution < -0.4 is 10.6 Å². The highest BCUT2D eigenvalue weighted by molar-refractivity contribution is 8.00. The van der Waals surface area contributed by atoms with Gasteiger partial charge in [-0.25, -0.2) is 4.79 Å². The Labute approximate surface area is 210 Å². The third-order valence-electron chi connectivity index (χ3n) is 5.86. The van der Waals surface area contributed by atoms with Gasteiger partial charge in [0.15, 0.2) is 0 Å². The Bertz CT molecular complexity index is 1020. The molecule has 1 aromatic carbocycles. The molecular weight excluding hydrogens is 468 g/mol.